The predicted molar refractivity (Wildman–Crippen MR) is 104 cm³/mol. The predicted octanol–water partition coefficient (Wildman–Crippen LogP) is 6.18. The van der Waals surface area contributed by atoms with Crippen LogP contribution >= 0.6 is 0 Å². The average molecular weight is 349 g/mol. The number of unbranched alkanes of at least 4 members (excludes halogenated alkanes) is 10. The van der Waals surface area contributed by atoms with E-state index in [1.54, 1.807) is 12.1 Å². The molecule has 0 saturated heterocycles. The van der Waals surface area contributed by atoms with Crippen LogP contribution in [-0.4, -0.2) is 17.7 Å². The molecule has 0 spiro atoms. The number of esters is 1. The van der Waals surface area contributed by atoms with Crippen molar-refractivity contribution in [2.75, 3.05) is 6.61 Å². The van der Waals surface area contributed by atoms with Crippen molar-refractivity contribution in [3.63, 3.8) is 0 Å². The summed E-state index contributed by atoms with van der Waals surface area (Å²) in [7, 11) is 0. The zero-order chi connectivity index (χ0) is 18.2. The number of benzene rings is 1. The van der Waals surface area contributed by atoms with Gasteiger partial charge >= 0.3 is 5.97 Å². The number of phenols is 1. The van der Waals surface area contributed by atoms with Crippen LogP contribution in [0, 0.1) is 0 Å². The summed E-state index contributed by atoms with van der Waals surface area (Å²) in [4.78, 5) is 11.7. The van der Waals surface area contributed by atoms with Crippen LogP contribution in [0.4, 0.5) is 0 Å². The number of aromatic hydroxyl groups is 1. The fourth-order valence-corrected chi connectivity index (χ4v) is 2.93. The minimum absolute atomic E-state index is 0.125. The Morgan fingerprint density at radius 1 is 0.840 bits per heavy atom. The van der Waals surface area contributed by atoms with Crippen LogP contribution < -0.4 is 0 Å². The van der Waals surface area contributed by atoms with Crippen LogP contribution in [0.15, 0.2) is 24.3 Å². The molecule has 3 nitrogen and oxygen atoms in total. The lowest BCUT2D eigenvalue weighted by Gasteiger charge is -2.05. The lowest BCUT2D eigenvalue weighted by molar-refractivity contribution is -0.143. The molecule has 0 saturated carbocycles. The molecule has 0 amide bonds. The molecule has 0 heterocycles. The third-order valence-electron chi connectivity index (χ3n) is 4.57. The van der Waals surface area contributed by atoms with Gasteiger partial charge in [0.15, 0.2) is 0 Å². The smallest absolute Gasteiger partial charge is 0.306 e. The van der Waals surface area contributed by atoms with Gasteiger partial charge in [-0.25, -0.2) is 0 Å². The highest BCUT2D eigenvalue weighted by molar-refractivity contribution is 5.69. The van der Waals surface area contributed by atoms with Gasteiger partial charge < -0.3 is 9.84 Å². The van der Waals surface area contributed by atoms with Crippen molar-refractivity contribution < 1.29 is 14.6 Å². The summed E-state index contributed by atoms with van der Waals surface area (Å²) in [6.07, 6.45) is 15.4. The first kappa shape index (κ1) is 21.5. The molecule has 0 unspecified atom stereocenters. The maximum atomic E-state index is 11.7. The minimum atomic E-state index is -0.125. The van der Waals surface area contributed by atoms with Gasteiger partial charge in [0.1, 0.15) is 5.75 Å². The Balaban J connectivity index is 1.86. The fraction of sp³-hybridized carbons (Fsp3) is 0.682. The molecule has 25 heavy (non-hydrogen) atoms. The number of phenolic OH excluding ortho intramolecular Hbond substituents is 1. The van der Waals surface area contributed by atoms with Crippen LogP contribution in [0.5, 0.6) is 5.75 Å². The van der Waals surface area contributed by atoms with E-state index >= 15 is 0 Å². The van der Waals surface area contributed by atoms with Crippen molar-refractivity contribution in [1.29, 1.82) is 0 Å². The Hall–Kier alpha value is -1.51. The number of aryl methyl sites for hydroxylation is 1. The molecule has 1 aromatic carbocycles. The van der Waals surface area contributed by atoms with E-state index in [0.717, 1.165) is 18.4 Å². The molecule has 1 aromatic rings. The molecule has 142 valence electrons. The summed E-state index contributed by atoms with van der Waals surface area (Å²) < 4.78 is 5.28. The zero-order valence-electron chi connectivity index (χ0n) is 16.0. The summed E-state index contributed by atoms with van der Waals surface area (Å²) in [5.74, 6) is 0.128. The number of ether oxygens (including phenoxy) is 1. The number of rotatable bonds is 15. The highest BCUT2D eigenvalue weighted by atomic mass is 16.5. The first-order valence-electron chi connectivity index (χ1n) is 10.2. The van der Waals surface area contributed by atoms with Gasteiger partial charge in [0.2, 0.25) is 0 Å². The second-order valence-corrected chi connectivity index (χ2v) is 6.92. The fourth-order valence-electron chi connectivity index (χ4n) is 2.93. The Morgan fingerprint density at radius 3 is 1.92 bits per heavy atom. The van der Waals surface area contributed by atoms with Gasteiger partial charge in [-0.2, -0.15) is 0 Å². The normalized spacial score (nSPS) is 10.8. The molecular weight excluding hydrogens is 312 g/mol. The average Bonchev–Trinajstić information content (AvgIpc) is 2.62. The Bertz CT molecular complexity index is 439. The number of carbonyl (C=O) groups excluding carboxylic acids is 1. The van der Waals surface area contributed by atoms with Gasteiger partial charge in [-0.1, -0.05) is 83.3 Å². The number of carbonyl (C=O) groups is 1. The van der Waals surface area contributed by atoms with E-state index in [1.807, 2.05) is 12.1 Å². The maximum absolute atomic E-state index is 11.7. The van der Waals surface area contributed by atoms with E-state index in [0.29, 0.717) is 19.4 Å². The van der Waals surface area contributed by atoms with Crippen molar-refractivity contribution in [2.45, 2.75) is 90.4 Å². The number of hydrogen-bond acceptors (Lipinski definition) is 3. The van der Waals surface area contributed by atoms with Crippen LogP contribution in [-0.2, 0) is 16.0 Å². The Kier molecular flexibility index (Phi) is 12.7. The topological polar surface area (TPSA) is 46.5 Å². The molecule has 1 rings (SSSR count). The van der Waals surface area contributed by atoms with Crippen molar-refractivity contribution in [3.05, 3.63) is 29.8 Å². The highest BCUT2D eigenvalue weighted by Crippen LogP contribution is 2.12. The van der Waals surface area contributed by atoms with Crippen LogP contribution in [0.25, 0.3) is 0 Å². The maximum Gasteiger partial charge on any atom is 0.306 e. The quantitative estimate of drug-likeness (QED) is 0.304. The van der Waals surface area contributed by atoms with Crippen LogP contribution in [0.3, 0.4) is 0 Å². The van der Waals surface area contributed by atoms with Crippen LogP contribution in [0.1, 0.15) is 89.5 Å². The Labute approximate surface area is 153 Å². The second kappa shape index (κ2) is 14.8. The van der Waals surface area contributed by atoms with E-state index < -0.39 is 0 Å². The molecule has 0 radical (unpaired) electrons. The van der Waals surface area contributed by atoms with E-state index in [4.69, 9.17) is 4.74 Å². The largest absolute Gasteiger partial charge is 0.508 e. The molecule has 0 aliphatic rings. The summed E-state index contributed by atoms with van der Waals surface area (Å²) in [5, 5.41) is 9.22. The van der Waals surface area contributed by atoms with Gasteiger partial charge in [-0.05, 0) is 30.5 Å². The third kappa shape index (κ3) is 12.5. The molecule has 0 aliphatic carbocycles. The standard InChI is InChI=1S/C22H36O3/c1-2-3-4-5-6-7-8-9-10-11-12-19-25-22(24)18-15-20-13-16-21(23)17-14-20/h13-14,16-17,23H,2-12,15,18-19H2,1H3. The lowest BCUT2D eigenvalue weighted by Crippen LogP contribution is -2.07. The molecular formula is C22H36O3. The van der Waals surface area contributed by atoms with E-state index in [9.17, 15) is 9.90 Å². The molecule has 0 bridgehead atoms. The van der Waals surface area contributed by atoms with E-state index in [2.05, 4.69) is 6.92 Å². The molecule has 0 aliphatic heterocycles. The number of hydrogen-bond donors (Lipinski definition) is 1. The molecule has 3 heteroatoms. The molecule has 0 aromatic heterocycles. The van der Waals surface area contributed by atoms with Gasteiger partial charge in [0, 0.05) is 6.42 Å². The molecule has 1 N–H and O–H groups in total. The first-order valence-corrected chi connectivity index (χ1v) is 10.2. The molecule has 0 atom stereocenters. The zero-order valence-corrected chi connectivity index (χ0v) is 16.0. The summed E-state index contributed by atoms with van der Waals surface area (Å²) in [5.41, 5.74) is 1.05. The first-order chi connectivity index (χ1) is 12.2. The van der Waals surface area contributed by atoms with Gasteiger partial charge in [-0.3, -0.25) is 4.79 Å². The molecule has 0 fully saturated rings. The van der Waals surface area contributed by atoms with Crippen molar-refractivity contribution >= 4 is 5.97 Å². The minimum Gasteiger partial charge on any atom is -0.508 e. The van der Waals surface area contributed by atoms with Gasteiger partial charge in [0.05, 0.1) is 6.61 Å². The van der Waals surface area contributed by atoms with Gasteiger partial charge in [0.25, 0.3) is 0 Å². The van der Waals surface area contributed by atoms with Crippen LogP contribution in [0.2, 0.25) is 0 Å². The monoisotopic (exact) mass is 348 g/mol. The summed E-state index contributed by atoms with van der Waals surface area (Å²) in [6, 6.07) is 6.97. The Morgan fingerprint density at radius 2 is 1.36 bits per heavy atom. The third-order valence-corrected chi connectivity index (χ3v) is 4.57. The van der Waals surface area contributed by atoms with E-state index in [-0.39, 0.29) is 11.7 Å². The lowest BCUT2D eigenvalue weighted by atomic mass is 10.1. The second-order valence-electron chi connectivity index (χ2n) is 6.92. The highest BCUT2D eigenvalue weighted by Gasteiger charge is 2.03. The van der Waals surface area contributed by atoms with Gasteiger partial charge in [-0.15, -0.1) is 0 Å². The summed E-state index contributed by atoms with van der Waals surface area (Å²) in [6.45, 7) is 2.80. The SMILES string of the molecule is CCCCCCCCCCCCCOC(=O)CCc1ccc(O)cc1. The summed E-state index contributed by atoms with van der Waals surface area (Å²) >= 11 is 0. The van der Waals surface area contributed by atoms with Crippen molar-refractivity contribution in [1.82, 2.24) is 0 Å². The van der Waals surface area contributed by atoms with Crippen molar-refractivity contribution in [2.24, 2.45) is 0 Å². The van der Waals surface area contributed by atoms with E-state index in [1.165, 1.54) is 57.8 Å². The van der Waals surface area contributed by atoms with Crippen molar-refractivity contribution in [3.8, 4) is 5.75 Å².